The average molecular weight is 571 g/mol. The molecule has 0 heterocycles. The van der Waals surface area contributed by atoms with Crippen molar-refractivity contribution in [1.82, 2.24) is 0 Å². The average Bonchev–Trinajstić information content (AvgIpc) is 3.78. The minimum Gasteiger partial charge on any atom is -0.0619 e. The molecule has 3 aliphatic carbocycles. The maximum absolute atomic E-state index is 2.43. The van der Waals surface area contributed by atoms with E-state index in [-0.39, 0.29) is 0 Å². The van der Waals surface area contributed by atoms with Crippen LogP contribution in [0.15, 0.2) is 146 Å². The Morgan fingerprint density at radius 3 is 0.844 bits per heavy atom. The van der Waals surface area contributed by atoms with E-state index in [2.05, 4.69) is 146 Å². The van der Waals surface area contributed by atoms with Gasteiger partial charge in [-0.2, -0.15) is 0 Å². The van der Waals surface area contributed by atoms with E-state index < -0.39 is 0 Å². The number of rotatable bonds is 3. The zero-order valence-corrected chi connectivity index (χ0v) is 25.0. The van der Waals surface area contributed by atoms with Gasteiger partial charge >= 0.3 is 0 Å². The van der Waals surface area contributed by atoms with Crippen molar-refractivity contribution in [3.63, 3.8) is 0 Å². The second-order valence-corrected chi connectivity index (χ2v) is 12.9. The molecule has 0 heteroatoms. The SMILES string of the molecule is c1ccc2c(c1)Cc1cc(-c3cc(-c4ccc5c(c4)Cc4ccccc4-5)cc(-c4ccc5c(c4)Cc4ccccc4-5)c3)ccc1-2. The smallest absolute Gasteiger partial charge is 0.00132 e. The molecular formula is C45H30. The van der Waals surface area contributed by atoms with Crippen LogP contribution in [-0.2, 0) is 19.3 Å². The molecule has 0 N–H and O–H groups in total. The zero-order chi connectivity index (χ0) is 29.5. The van der Waals surface area contributed by atoms with E-state index >= 15 is 0 Å². The second-order valence-electron chi connectivity index (χ2n) is 12.9. The fourth-order valence-electron chi connectivity index (χ4n) is 8.10. The van der Waals surface area contributed by atoms with Gasteiger partial charge in [0.25, 0.3) is 0 Å². The highest BCUT2D eigenvalue weighted by Crippen LogP contribution is 2.43. The molecule has 7 aromatic rings. The third kappa shape index (κ3) is 3.92. The van der Waals surface area contributed by atoms with Crippen LogP contribution in [-0.4, -0.2) is 0 Å². The van der Waals surface area contributed by atoms with Crippen molar-refractivity contribution in [2.24, 2.45) is 0 Å². The van der Waals surface area contributed by atoms with Crippen LogP contribution in [0.5, 0.6) is 0 Å². The lowest BCUT2D eigenvalue weighted by atomic mass is 9.90. The van der Waals surface area contributed by atoms with Gasteiger partial charge in [0.1, 0.15) is 0 Å². The lowest BCUT2D eigenvalue weighted by molar-refractivity contribution is 1.26. The Balaban J connectivity index is 1.11. The molecule has 0 saturated heterocycles. The van der Waals surface area contributed by atoms with Crippen molar-refractivity contribution in [3.8, 4) is 66.8 Å². The number of hydrogen-bond acceptors (Lipinski definition) is 0. The summed E-state index contributed by atoms with van der Waals surface area (Å²) in [6, 6.07) is 55.0. The summed E-state index contributed by atoms with van der Waals surface area (Å²) < 4.78 is 0. The summed E-state index contributed by atoms with van der Waals surface area (Å²) >= 11 is 0. The van der Waals surface area contributed by atoms with Gasteiger partial charge in [0.05, 0.1) is 0 Å². The van der Waals surface area contributed by atoms with Crippen LogP contribution in [0.1, 0.15) is 33.4 Å². The topological polar surface area (TPSA) is 0 Å². The highest BCUT2D eigenvalue weighted by molar-refractivity contribution is 5.87. The highest BCUT2D eigenvalue weighted by Gasteiger charge is 2.22. The Morgan fingerprint density at radius 1 is 0.222 bits per heavy atom. The van der Waals surface area contributed by atoms with Gasteiger partial charge in [-0.1, -0.05) is 127 Å². The van der Waals surface area contributed by atoms with Crippen LogP contribution >= 0.6 is 0 Å². The molecule has 0 radical (unpaired) electrons. The Morgan fingerprint density at radius 2 is 0.511 bits per heavy atom. The van der Waals surface area contributed by atoms with Crippen molar-refractivity contribution < 1.29 is 0 Å². The molecule has 0 unspecified atom stereocenters. The van der Waals surface area contributed by atoms with E-state index in [9.17, 15) is 0 Å². The van der Waals surface area contributed by atoms with Gasteiger partial charge in [0.15, 0.2) is 0 Å². The monoisotopic (exact) mass is 570 g/mol. The van der Waals surface area contributed by atoms with Crippen molar-refractivity contribution in [3.05, 3.63) is 179 Å². The summed E-state index contributed by atoms with van der Waals surface area (Å²) in [5.41, 5.74) is 24.5. The quantitative estimate of drug-likeness (QED) is 0.198. The molecule has 0 fully saturated rings. The van der Waals surface area contributed by atoms with Crippen LogP contribution in [0.3, 0.4) is 0 Å². The Bertz CT molecular complexity index is 2070. The third-order valence-electron chi connectivity index (χ3n) is 10.3. The Labute approximate surface area is 264 Å². The van der Waals surface area contributed by atoms with E-state index in [0.717, 1.165) is 19.3 Å². The molecule has 0 aromatic heterocycles. The van der Waals surface area contributed by atoms with E-state index in [1.165, 1.54) is 100 Å². The van der Waals surface area contributed by atoms with Gasteiger partial charge in [0.2, 0.25) is 0 Å². The summed E-state index contributed by atoms with van der Waals surface area (Å²) in [5, 5.41) is 0. The van der Waals surface area contributed by atoms with E-state index in [4.69, 9.17) is 0 Å². The Hall–Kier alpha value is -5.46. The minimum absolute atomic E-state index is 1.00. The summed E-state index contributed by atoms with van der Waals surface area (Å²) in [6.07, 6.45) is 3.01. The van der Waals surface area contributed by atoms with E-state index in [1.807, 2.05) is 0 Å². The largest absolute Gasteiger partial charge is 0.0619 e. The first kappa shape index (κ1) is 24.9. The molecule has 0 spiro atoms. The Kier molecular flexibility index (Phi) is 5.27. The fraction of sp³-hybridized carbons (Fsp3) is 0.0667. The number of hydrogen-bond donors (Lipinski definition) is 0. The lowest BCUT2D eigenvalue weighted by Crippen LogP contribution is -1.90. The van der Waals surface area contributed by atoms with Gasteiger partial charge in [-0.15, -0.1) is 0 Å². The predicted molar refractivity (Wildman–Crippen MR) is 187 cm³/mol. The van der Waals surface area contributed by atoms with E-state index in [0.29, 0.717) is 0 Å². The van der Waals surface area contributed by atoms with E-state index in [1.54, 1.807) is 0 Å². The molecule has 0 amide bonds. The summed E-state index contributed by atoms with van der Waals surface area (Å²) in [7, 11) is 0. The number of benzene rings is 7. The van der Waals surface area contributed by atoms with Gasteiger partial charge < -0.3 is 0 Å². The van der Waals surface area contributed by atoms with Crippen LogP contribution in [0, 0.1) is 0 Å². The molecule has 0 nitrogen and oxygen atoms in total. The molecule has 45 heavy (non-hydrogen) atoms. The molecule has 210 valence electrons. The van der Waals surface area contributed by atoms with Crippen molar-refractivity contribution in [2.45, 2.75) is 19.3 Å². The first-order chi connectivity index (χ1) is 22.2. The summed E-state index contributed by atoms with van der Waals surface area (Å²) in [5.74, 6) is 0. The van der Waals surface area contributed by atoms with Gasteiger partial charge in [-0.3, -0.25) is 0 Å². The van der Waals surface area contributed by atoms with Gasteiger partial charge in [-0.25, -0.2) is 0 Å². The van der Waals surface area contributed by atoms with Crippen molar-refractivity contribution >= 4 is 0 Å². The maximum atomic E-state index is 2.43. The number of fused-ring (bicyclic) bond motifs is 9. The molecule has 7 aromatic carbocycles. The molecule has 3 aliphatic rings. The van der Waals surface area contributed by atoms with Gasteiger partial charge in [0, 0.05) is 0 Å². The third-order valence-corrected chi connectivity index (χ3v) is 10.3. The standard InChI is InChI=1S/C45H30/c1-4-10-40-31(7-1)22-37-19-28(13-16-43(37)40)34-25-35(29-14-17-44-38(20-29)23-32-8-2-5-11-41(32)44)27-36(26-34)30-15-18-45-39(21-30)24-33-9-3-6-12-42(33)45/h1-21,25-27H,22-24H2. The summed E-state index contributed by atoms with van der Waals surface area (Å²) in [4.78, 5) is 0. The van der Waals surface area contributed by atoms with Gasteiger partial charge in [-0.05, 0) is 138 Å². The first-order valence-electron chi connectivity index (χ1n) is 16.0. The zero-order valence-electron chi connectivity index (χ0n) is 25.0. The van der Waals surface area contributed by atoms with Crippen LogP contribution in [0.25, 0.3) is 66.8 Å². The highest BCUT2D eigenvalue weighted by atomic mass is 14.3. The molecule has 10 rings (SSSR count). The summed E-state index contributed by atoms with van der Waals surface area (Å²) in [6.45, 7) is 0. The minimum atomic E-state index is 1.00. The molecule has 0 aliphatic heterocycles. The second kappa shape index (κ2) is 9.52. The predicted octanol–water partition coefficient (Wildman–Crippen LogP) is 11.4. The van der Waals surface area contributed by atoms with Crippen molar-refractivity contribution in [2.75, 3.05) is 0 Å². The molecule has 0 saturated carbocycles. The first-order valence-corrected chi connectivity index (χ1v) is 16.0. The lowest BCUT2D eigenvalue weighted by Gasteiger charge is -2.14. The fourth-order valence-corrected chi connectivity index (χ4v) is 8.10. The normalized spacial score (nSPS) is 13.1. The van der Waals surface area contributed by atoms with Crippen molar-refractivity contribution in [1.29, 1.82) is 0 Å². The molecule has 0 atom stereocenters. The molecule has 0 bridgehead atoms. The van der Waals surface area contributed by atoms with Crippen LogP contribution in [0.2, 0.25) is 0 Å². The molecular weight excluding hydrogens is 540 g/mol. The van der Waals surface area contributed by atoms with Crippen LogP contribution < -0.4 is 0 Å². The van der Waals surface area contributed by atoms with Crippen LogP contribution in [0.4, 0.5) is 0 Å². The maximum Gasteiger partial charge on any atom is -0.00132 e.